The Bertz CT molecular complexity index is 481. The molecule has 1 aromatic carbocycles. The summed E-state index contributed by atoms with van der Waals surface area (Å²) >= 11 is 9.26. The minimum Gasteiger partial charge on any atom is -0.441 e. The highest BCUT2D eigenvalue weighted by Crippen LogP contribution is 2.24. The van der Waals surface area contributed by atoms with Crippen molar-refractivity contribution in [3.05, 3.63) is 40.7 Å². The second-order valence-corrected chi connectivity index (χ2v) is 4.16. The molecule has 0 unspecified atom stereocenters. The van der Waals surface area contributed by atoms with Gasteiger partial charge >= 0.3 is 0 Å². The first-order valence-electron chi connectivity index (χ1n) is 4.49. The summed E-state index contributed by atoms with van der Waals surface area (Å²) in [6, 6.07) is 7.47. The first-order valence-corrected chi connectivity index (χ1v) is 5.99. The molecule has 2 rings (SSSR count). The number of hydrogen-bond acceptors (Lipinski definition) is 2. The minimum atomic E-state index is 0.615. The maximum atomic E-state index is 5.90. The average molecular weight is 287 g/mol. The van der Waals surface area contributed by atoms with Gasteiger partial charge in [-0.2, -0.15) is 0 Å². The molecular weight excluding hydrogens is 277 g/mol. The molecule has 0 aliphatic carbocycles. The highest BCUT2D eigenvalue weighted by Gasteiger charge is 2.10. The van der Waals surface area contributed by atoms with E-state index in [1.807, 2.05) is 31.2 Å². The number of hydrogen-bond donors (Lipinski definition) is 0. The van der Waals surface area contributed by atoms with Gasteiger partial charge in [0.15, 0.2) is 0 Å². The minimum absolute atomic E-state index is 0.615. The number of aromatic nitrogens is 1. The van der Waals surface area contributed by atoms with Gasteiger partial charge in [-0.05, 0) is 25.1 Å². The SMILES string of the molecule is Cc1oc(-c2cccc(Cl)c2)nc1CBr. The molecule has 0 fully saturated rings. The molecule has 4 heteroatoms. The molecule has 78 valence electrons. The zero-order chi connectivity index (χ0) is 10.8. The monoisotopic (exact) mass is 285 g/mol. The normalized spacial score (nSPS) is 10.6. The third-order valence-corrected chi connectivity index (χ3v) is 2.86. The Labute approximate surface area is 101 Å². The Kier molecular flexibility index (Phi) is 3.12. The van der Waals surface area contributed by atoms with E-state index in [1.54, 1.807) is 0 Å². The van der Waals surface area contributed by atoms with Gasteiger partial charge in [-0.1, -0.05) is 33.6 Å². The fourth-order valence-corrected chi connectivity index (χ4v) is 2.01. The van der Waals surface area contributed by atoms with Crippen LogP contribution in [0.15, 0.2) is 28.7 Å². The largest absolute Gasteiger partial charge is 0.441 e. The van der Waals surface area contributed by atoms with Crippen LogP contribution in [0, 0.1) is 6.92 Å². The topological polar surface area (TPSA) is 26.0 Å². The first-order chi connectivity index (χ1) is 7.20. The van der Waals surface area contributed by atoms with E-state index in [0.29, 0.717) is 16.2 Å². The lowest BCUT2D eigenvalue weighted by Crippen LogP contribution is -1.80. The van der Waals surface area contributed by atoms with Gasteiger partial charge in [-0.25, -0.2) is 4.98 Å². The Morgan fingerprint density at radius 2 is 2.27 bits per heavy atom. The number of oxazole rings is 1. The van der Waals surface area contributed by atoms with Gasteiger partial charge in [0, 0.05) is 15.9 Å². The lowest BCUT2D eigenvalue weighted by Gasteiger charge is -1.94. The van der Waals surface area contributed by atoms with E-state index in [9.17, 15) is 0 Å². The summed E-state index contributed by atoms with van der Waals surface area (Å²) in [6.45, 7) is 1.90. The maximum Gasteiger partial charge on any atom is 0.226 e. The molecule has 0 saturated carbocycles. The molecule has 1 heterocycles. The summed E-state index contributed by atoms with van der Waals surface area (Å²) in [5, 5.41) is 1.38. The number of nitrogens with zero attached hydrogens (tertiary/aromatic N) is 1. The molecule has 1 aromatic heterocycles. The molecule has 2 nitrogen and oxygen atoms in total. The van der Waals surface area contributed by atoms with Crippen LogP contribution in [-0.4, -0.2) is 4.98 Å². The van der Waals surface area contributed by atoms with Crippen molar-refractivity contribution in [2.45, 2.75) is 12.3 Å². The maximum absolute atomic E-state index is 5.90. The van der Waals surface area contributed by atoms with E-state index in [2.05, 4.69) is 20.9 Å². The summed E-state index contributed by atoms with van der Waals surface area (Å²) < 4.78 is 5.55. The van der Waals surface area contributed by atoms with Crippen molar-refractivity contribution in [1.29, 1.82) is 0 Å². The smallest absolute Gasteiger partial charge is 0.226 e. The van der Waals surface area contributed by atoms with E-state index < -0.39 is 0 Å². The standard InChI is InChI=1S/C11H9BrClNO/c1-7-10(6-12)14-11(15-7)8-3-2-4-9(13)5-8/h2-5H,6H2,1H3. The summed E-state index contributed by atoms with van der Waals surface area (Å²) in [7, 11) is 0. The van der Waals surface area contributed by atoms with Crippen LogP contribution in [0.1, 0.15) is 11.5 Å². The Morgan fingerprint density at radius 3 is 2.87 bits per heavy atom. The molecule has 0 bridgehead atoms. The summed E-state index contributed by atoms with van der Waals surface area (Å²) in [5.74, 6) is 1.45. The van der Waals surface area contributed by atoms with Gasteiger partial charge in [-0.15, -0.1) is 0 Å². The molecule has 0 spiro atoms. The molecule has 2 aromatic rings. The second kappa shape index (κ2) is 4.37. The molecule has 0 radical (unpaired) electrons. The molecule has 0 N–H and O–H groups in total. The number of alkyl halides is 1. The van der Waals surface area contributed by atoms with Crippen LogP contribution >= 0.6 is 27.5 Å². The predicted molar refractivity (Wildman–Crippen MR) is 64.3 cm³/mol. The van der Waals surface area contributed by atoms with Gasteiger partial charge < -0.3 is 4.42 Å². The highest BCUT2D eigenvalue weighted by molar-refractivity contribution is 9.08. The fraction of sp³-hybridized carbons (Fsp3) is 0.182. The number of halogens is 2. The van der Waals surface area contributed by atoms with Crippen LogP contribution in [0.4, 0.5) is 0 Å². The molecule has 0 aliphatic heterocycles. The van der Waals surface area contributed by atoms with Crippen molar-refractivity contribution < 1.29 is 4.42 Å². The Morgan fingerprint density at radius 1 is 1.47 bits per heavy atom. The van der Waals surface area contributed by atoms with Crippen LogP contribution in [0.5, 0.6) is 0 Å². The Balaban J connectivity index is 2.45. The van der Waals surface area contributed by atoms with Crippen LogP contribution in [-0.2, 0) is 5.33 Å². The first kappa shape index (κ1) is 10.7. The number of benzene rings is 1. The molecule has 15 heavy (non-hydrogen) atoms. The van der Waals surface area contributed by atoms with Gasteiger partial charge in [0.25, 0.3) is 0 Å². The number of aryl methyl sites for hydroxylation is 1. The van der Waals surface area contributed by atoms with Gasteiger partial charge in [-0.3, -0.25) is 0 Å². The van der Waals surface area contributed by atoms with Crippen LogP contribution in [0.3, 0.4) is 0 Å². The average Bonchev–Trinajstić information content (AvgIpc) is 2.60. The van der Waals surface area contributed by atoms with Crippen molar-refractivity contribution >= 4 is 27.5 Å². The summed E-state index contributed by atoms with van der Waals surface area (Å²) in [6.07, 6.45) is 0. The van der Waals surface area contributed by atoms with Crippen LogP contribution in [0.2, 0.25) is 5.02 Å². The van der Waals surface area contributed by atoms with Crippen molar-refractivity contribution in [2.75, 3.05) is 0 Å². The van der Waals surface area contributed by atoms with E-state index in [0.717, 1.165) is 17.0 Å². The van der Waals surface area contributed by atoms with Crippen LogP contribution in [0.25, 0.3) is 11.5 Å². The van der Waals surface area contributed by atoms with Crippen LogP contribution < -0.4 is 0 Å². The lowest BCUT2D eigenvalue weighted by molar-refractivity contribution is 0.540. The van der Waals surface area contributed by atoms with Gasteiger partial charge in [0.2, 0.25) is 5.89 Å². The van der Waals surface area contributed by atoms with E-state index in [1.165, 1.54) is 0 Å². The van der Waals surface area contributed by atoms with Crippen molar-refractivity contribution in [3.63, 3.8) is 0 Å². The fourth-order valence-electron chi connectivity index (χ4n) is 1.30. The second-order valence-electron chi connectivity index (χ2n) is 3.17. The quantitative estimate of drug-likeness (QED) is 0.773. The predicted octanol–water partition coefficient (Wildman–Crippen LogP) is 4.20. The summed E-state index contributed by atoms with van der Waals surface area (Å²) in [4.78, 5) is 4.37. The third kappa shape index (κ3) is 2.24. The van der Waals surface area contributed by atoms with Gasteiger partial charge in [0.1, 0.15) is 5.76 Å². The van der Waals surface area contributed by atoms with Crippen molar-refractivity contribution in [1.82, 2.24) is 4.98 Å². The van der Waals surface area contributed by atoms with E-state index >= 15 is 0 Å². The molecule has 0 atom stereocenters. The highest BCUT2D eigenvalue weighted by atomic mass is 79.9. The summed E-state index contributed by atoms with van der Waals surface area (Å²) in [5.41, 5.74) is 1.82. The van der Waals surface area contributed by atoms with Crippen molar-refractivity contribution in [3.8, 4) is 11.5 Å². The molecule has 0 saturated heterocycles. The van der Waals surface area contributed by atoms with E-state index in [-0.39, 0.29) is 0 Å². The van der Waals surface area contributed by atoms with Gasteiger partial charge in [0.05, 0.1) is 5.69 Å². The molecular formula is C11H9BrClNO. The Hall–Kier alpha value is -0.800. The lowest BCUT2D eigenvalue weighted by atomic mass is 10.2. The zero-order valence-corrected chi connectivity index (χ0v) is 10.5. The zero-order valence-electron chi connectivity index (χ0n) is 8.13. The third-order valence-electron chi connectivity index (χ3n) is 2.09. The van der Waals surface area contributed by atoms with Crippen molar-refractivity contribution in [2.24, 2.45) is 0 Å². The number of rotatable bonds is 2. The molecule has 0 amide bonds. The van der Waals surface area contributed by atoms with E-state index in [4.69, 9.17) is 16.0 Å². The molecule has 0 aliphatic rings.